The first kappa shape index (κ1) is 32.1. The molecule has 13 heteroatoms. The van der Waals surface area contributed by atoms with Crippen LogP contribution in [-0.4, -0.2) is 31.3 Å². The van der Waals surface area contributed by atoms with E-state index in [-0.39, 0.29) is 154 Å². The first-order chi connectivity index (χ1) is 6.45. The van der Waals surface area contributed by atoms with E-state index in [2.05, 4.69) is 9.98 Å². The van der Waals surface area contributed by atoms with Gasteiger partial charge in [0, 0.05) is 0 Å². The normalized spacial score (nSPS) is 5.59. The fourth-order valence-corrected chi connectivity index (χ4v) is 0.179. The molecule has 0 aromatic heterocycles. The molecular weight excluding hydrogens is 316 g/mol. The largest absolute Gasteiger partial charge is 1.00 e. The summed E-state index contributed by atoms with van der Waals surface area (Å²) in [5.74, 6) is -2.86. The van der Waals surface area contributed by atoms with Crippen LogP contribution in [0.1, 0.15) is 0 Å². The summed E-state index contributed by atoms with van der Waals surface area (Å²) in [4.78, 5) is 43.6. The number of nitrogens with zero attached hydrogens (tertiary/aromatic N) is 2. The molecule has 2 amide bonds. The van der Waals surface area contributed by atoms with E-state index in [0.29, 0.717) is 0 Å². The molecule has 0 bridgehead atoms. The molecule has 0 unspecified atom stereocenters. The number of isocyanates is 2. The summed E-state index contributed by atoms with van der Waals surface area (Å²) in [7, 11) is -2.92. The topological polar surface area (TPSA) is 162 Å². The van der Waals surface area contributed by atoms with Crippen molar-refractivity contribution in [3.05, 3.63) is 0 Å². The van der Waals surface area contributed by atoms with Gasteiger partial charge in [-0.15, -0.1) is 9.98 Å². The Morgan fingerprint density at radius 3 is 1.12 bits per heavy atom. The molecule has 0 atom stereocenters. The van der Waals surface area contributed by atoms with E-state index in [1.807, 2.05) is 0 Å². The minimum absolute atomic E-state index is 0. The zero-order valence-corrected chi connectivity index (χ0v) is 18.7. The maximum Gasteiger partial charge on any atom is 1.00 e. The number of amides is 2. The van der Waals surface area contributed by atoms with Crippen LogP contribution in [0.5, 0.6) is 0 Å². The quantitative estimate of drug-likeness (QED) is 0.185. The third kappa shape index (κ3) is 32.5. The SMILES string of the molecule is O=C=NC(=O)C(=O)N=C=O.[K+].[K+].[K+].[O-]B([O-])[O-]. The zero-order chi connectivity index (χ0) is 11.6. The van der Waals surface area contributed by atoms with Crippen molar-refractivity contribution in [2.75, 3.05) is 0 Å². The summed E-state index contributed by atoms with van der Waals surface area (Å²) in [6.45, 7) is 0. The Hall–Kier alpha value is 2.95. The maximum atomic E-state index is 10.1. The number of carbonyl (C=O) groups is 2. The first-order valence-electron chi connectivity index (χ1n) is 2.67. The summed E-state index contributed by atoms with van der Waals surface area (Å²) in [6.07, 6.45) is 1.64. The van der Waals surface area contributed by atoms with Crippen LogP contribution in [0.4, 0.5) is 0 Å². The monoisotopic (exact) mass is 316 g/mol. The van der Waals surface area contributed by atoms with Gasteiger partial charge in [0.25, 0.3) is 0 Å². The van der Waals surface area contributed by atoms with Crippen LogP contribution >= 0.6 is 0 Å². The molecule has 0 heterocycles. The number of carbonyl (C=O) groups excluding carboxylic acids is 4. The van der Waals surface area contributed by atoms with Crippen molar-refractivity contribution in [3.8, 4) is 0 Å². The number of hydrogen-bond acceptors (Lipinski definition) is 7. The Kier molecular flexibility index (Phi) is 45.3. The summed E-state index contributed by atoms with van der Waals surface area (Å²) in [5, 5.41) is 25.2. The Balaban J connectivity index is -0.0000000607. The van der Waals surface area contributed by atoms with Crippen LogP contribution < -0.4 is 169 Å². The van der Waals surface area contributed by atoms with Crippen LogP contribution in [0.2, 0.25) is 0 Å². The summed E-state index contributed by atoms with van der Waals surface area (Å²) < 4.78 is 0. The van der Waals surface area contributed by atoms with Gasteiger partial charge in [-0.1, -0.05) is 0 Å². The molecule has 0 aromatic carbocycles. The fourth-order valence-electron chi connectivity index (χ4n) is 0.179. The van der Waals surface area contributed by atoms with Crippen LogP contribution in [0.25, 0.3) is 0 Å². The van der Waals surface area contributed by atoms with Gasteiger partial charge in [0.15, 0.2) is 0 Å². The van der Waals surface area contributed by atoms with Crippen LogP contribution in [0.15, 0.2) is 9.98 Å². The van der Waals surface area contributed by atoms with Crippen molar-refractivity contribution in [1.29, 1.82) is 0 Å². The maximum absolute atomic E-state index is 10.1. The van der Waals surface area contributed by atoms with Crippen molar-refractivity contribution in [2.45, 2.75) is 0 Å². The van der Waals surface area contributed by atoms with Crippen LogP contribution in [0.3, 0.4) is 0 Å². The average molecular weight is 316 g/mol. The molecule has 0 aliphatic carbocycles. The molecule has 0 spiro atoms. The molecule has 0 radical (unpaired) electrons. The third-order valence-electron chi connectivity index (χ3n) is 0.477. The first-order valence-corrected chi connectivity index (χ1v) is 2.67. The Morgan fingerprint density at radius 1 is 0.824 bits per heavy atom. The van der Waals surface area contributed by atoms with Crippen molar-refractivity contribution in [3.63, 3.8) is 0 Å². The molecule has 0 aliphatic heterocycles. The summed E-state index contributed by atoms with van der Waals surface area (Å²) in [5.41, 5.74) is 0. The molecule has 74 valence electrons. The Bertz CT molecular complexity index is 281. The van der Waals surface area contributed by atoms with Crippen molar-refractivity contribution < 1.29 is 188 Å². The third-order valence-corrected chi connectivity index (χ3v) is 0.477. The summed E-state index contributed by atoms with van der Waals surface area (Å²) >= 11 is 0. The molecule has 0 rings (SSSR count). The van der Waals surface area contributed by atoms with Gasteiger partial charge in [-0.3, -0.25) is 16.9 Å². The smallest absolute Gasteiger partial charge is 0.907 e. The van der Waals surface area contributed by atoms with Crippen molar-refractivity contribution >= 4 is 31.3 Å². The van der Waals surface area contributed by atoms with Crippen molar-refractivity contribution in [1.82, 2.24) is 0 Å². The van der Waals surface area contributed by atoms with E-state index in [0.717, 1.165) is 12.2 Å². The number of rotatable bonds is 0. The molecular formula is C4BK3N2O7. The van der Waals surface area contributed by atoms with Gasteiger partial charge >= 0.3 is 166 Å². The molecule has 0 aromatic rings. The van der Waals surface area contributed by atoms with Gasteiger partial charge < -0.3 is 15.1 Å². The second kappa shape index (κ2) is 24.0. The van der Waals surface area contributed by atoms with E-state index in [1.165, 1.54) is 0 Å². The van der Waals surface area contributed by atoms with Gasteiger partial charge in [-0.2, -0.15) is 0 Å². The fraction of sp³-hybridized carbons (Fsp3) is 0. The second-order valence-electron chi connectivity index (χ2n) is 1.31. The van der Waals surface area contributed by atoms with Gasteiger partial charge in [0.05, 0.1) is 0 Å². The van der Waals surface area contributed by atoms with E-state index in [9.17, 15) is 19.2 Å². The predicted octanol–water partition coefficient (Wildman–Crippen LogP) is -14.2. The molecule has 17 heavy (non-hydrogen) atoms. The molecule has 0 saturated heterocycles. The minimum Gasteiger partial charge on any atom is -0.907 e. The Morgan fingerprint density at radius 2 is 1.00 bits per heavy atom. The molecule has 9 nitrogen and oxygen atoms in total. The molecule has 0 saturated carbocycles. The number of hydrogen-bond donors (Lipinski definition) is 0. The zero-order valence-electron chi connectivity index (χ0n) is 9.33. The van der Waals surface area contributed by atoms with E-state index >= 15 is 0 Å². The predicted molar refractivity (Wildman–Crippen MR) is 32.0 cm³/mol. The molecule has 0 N–H and O–H groups in total. The van der Waals surface area contributed by atoms with Gasteiger partial charge in [0.2, 0.25) is 12.2 Å². The Labute approximate surface area is 223 Å². The standard InChI is InChI=1S/C4N2O4.BO3.3K/c7-1-5-3(9)4(10)6-2-8;2-1(3)4;;;/q;-3;3*+1. The van der Waals surface area contributed by atoms with Gasteiger partial charge in [-0.25, -0.2) is 9.59 Å². The van der Waals surface area contributed by atoms with Crippen molar-refractivity contribution in [2.24, 2.45) is 9.98 Å². The van der Waals surface area contributed by atoms with Crippen LogP contribution in [-0.2, 0) is 19.2 Å². The van der Waals surface area contributed by atoms with Gasteiger partial charge in [0.1, 0.15) is 0 Å². The van der Waals surface area contributed by atoms with E-state index < -0.39 is 19.1 Å². The second-order valence-corrected chi connectivity index (χ2v) is 1.31. The van der Waals surface area contributed by atoms with Gasteiger partial charge in [-0.05, 0) is 0 Å². The van der Waals surface area contributed by atoms with Crippen LogP contribution in [0, 0.1) is 0 Å². The molecule has 0 aliphatic rings. The average Bonchev–Trinajstić information content (AvgIpc) is 2.04. The minimum atomic E-state index is -2.92. The van der Waals surface area contributed by atoms with E-state index in [1.54, 1.807) is 0 Å². The van der Waals surface area contributed by atoms with E-state index in [4.69, 9.17) is 15.1 Å². The number of aliphatic imine (C=N–C) groups is 2. The summed E-state index contributed by atoms with van der Waals surface area (Å²) in [6, 6.07) is 0. The molecule has 0 fully saturated rings.